The summed E-state index contributed by atoms with van der Waals surface area (Å²) in [5, 5.41) is 13.1. The minimum Gasteiger partial charge on any atom is -0.387 e. The predicted molar refractivity (Wildman–Crippen MR) is 100 cm³/mol. The number of carbonyl (C=O) groups excluding carboxylic acids is 1. The summed E-state index contributed by atoms with van der Waals surface area (Å²) in [6.45, 7) is 3.46. The van der Waals surface area contributed by atoms with E-state index in [0.717, 1.165) is 43.2 Å². The van der Waals surface area contributed by atoms with Crippen LogP contribution in [0.1, 0.15) is 23.8 Å². The number of pyridine rings is 1. The SMILES string of the molecule is O=C(CCc1ccccn1)NCC(O)c1ccc(N2CCOCC2)cc1. The van der Waals surface area contributed by atoms with Crippen molar-refractivity contribution in [2.24, 2.45) is 0 Å². The summed E-state index contributed by atoms with van der Waals surface area (Å²) in [6.07, 6.45) is 1.96. The molecule has 1 aliphatic heterocycles. The van der Waals surface area contributed by atoms with Gasteiger partial charge in [-0.3, -0.25) is 9.78 Å². The number of aliphatic hydroxyl groups excluding tert-OH is 1. The van der Waals surface area contributed by atoms with Crippen LogP contribution in [0, 0.1) is 0 Å². The van der Waals surface area contributed by atoms with E-state index in [2.05, 4.69) is 15.2 Å². The molecule has 1 aromatic heterocycles. The molecule has 1 atom stereocenters. The molecule has 26 heavy (non-hydrogen) atoms. The van der Waals surface area contributed by atoms with E-state index < -0.39 is 6.10 Å². The van der Waals surface area contributed by atoms with E-state index >= 15 is 0 Å². The largest absolute Gasteiger partial charge is 0.387 e. The Kier molecular flexibility index (Phi) is 6.57. The smallest absolute Gasteiger partial charge is 0.220 e. The first-order valence-corrected chi connectivity index (χ1v) is 9.00. The molecule has 2 N–H and O–H groups in total. The number of hydrogen-bond donors (Lipinski definition) is 2. The van der Waals surface area contributed by atoms with Gasteiger partial charge in [-0.05, 0) is 36.2 Å². The molecule has 1 amide bonds. The van der Waals surface area contributed by atoms with Gasteiger partial charge in [0.25, 0.3) is 0 Å². The standard InChI is InChI=1S/C20H25N3O3/c24-19(15-22-20(25)9-6-17-3-1-2-10-21-17)16-4-7-18(8-5-16)23-11-13-26-14-12-23/h1-5,7-8,10,19,24H,6,9,11-15H2,(H,22,25). The second-order valence-corrected chi connectivity index (χ2v) is 6.33. The van der Waals surface area contributed by atoms with Crippen LogP contribution < -0.4 is 10.2 Å². The number of nitrogens with one attached hydrogen (secondary N) is 1. The van der Waals surface area contributed by atoms with Gasteiger partial charge in [0.05, 0.1) is 19.3 Å². The van der Waals surface area contributed by atoms with Crippen LogP contribution in [0.5, 0.6) is 0 Å². The van der Waals surface area contributed by atoms with Crippen LogP contribution >= 0.6 is 0 Å². The van der Waals surface area contributed by atoms with E-state index in [4.69, 9.17) is 4.74 Å². The number of carbonyl (C=O) groups is 1. The van der Waals surface area contributed by atoms with Gasteiger partial charge in [-0.15, -0.1) is 0 Å². The van der Waals surface area contributed by atoms with Crippen LogP contribution in [-0.2, 0) is 16.0 Å². The first kappa shape index (κ1) is 18.4. The number of nitrogens with zero attached hydrogens (tertiary/aromatic N) is 2. The summed E-state index contributed by atoms with van der Waals surface area (Å²) in [5.41, 5.74) is 2.82. The molecule has 1 aliphatic rings. The maximum absolute atomic E-state index is 11.9. The minimum atomic E-state index is -0.715. The topological polar surface area (TPSA) is 74.7 Å². The number of benzene rings is 1. The Hall–Kier alpha value is -2.44. The fourth-order valence-corrected chi connectivity index (χ4v) is 2.93. The average Bonchev–Trinajstić information content (AvgIpc) is 2.72. The molecule has 0 radical (unpaired) electrons. The third kappa shape index (κ3) is 5.28. The van der Waals surface area contributed by atoms with E-state index in [1.807, 2.05) is 42.5 Å². The summed E-state index contributed by atoms with van der Waals surface area (Å²) < 4.78 is 5.36. The Labute approximate surface area is 153 Å². The zero-order valence-corrected chi connectivity index (χ0v) is 14.8. The van der Waals surface area contributed by atoms with Crippen molar-refractivity contribution in [2.45, 2.75) is 18.9 Å². The van der Waals surface area contributed by atoms with Crippen LogP contribution in [-0.4, -0.2) is 48.8 Å². The molecule has 0 bridgehead atoms. The fourth-order valence-electron chi connectivity index (χ4n) is 2.93. The molecule has 0 saturated carbocycles. The Morgan fingerprint density at radius 1 is 1.19 bits per heavy atom. The van der Waals surface area contributed by atoms with E-state index in [9.17, 15) is 9.90 Å². The molecule has 1 fully saturated rings. The number of anilines is 1. The van der Waals surface area contributed by atoms with Crippen molar-refractivity contribution in [2.75, 3.05) is 37.7 Å². The summed E-state index contributed by atoms with van der Waals surface area (Å²) in [4.78, 5) is 18.4. The fraction of sp³-hybridized carbons (Fsp3) is 0.400. The monoisotopic (exact) mass is 355 g/mol. The highest BCUT2D eigenvalue weighted by Gasteiger charge is 2.13. The van der Waals surface area contributed by atoms with Crippen LogP contribution in [0.2, 0.25) is 0 Å². The van der Waals surface area contributed by atoms with Gasteiger partial charge in [0.15, 0.2) is 0 Å². The highest BCUT2D eigenvalue weighted by Crippen LogP contribution is 2.20. The maximum Gasteiger partial charge on any atom is 0.220 e. The van der Waals surface area contributed by atoms with Crippen molar-refractivity contribution >= 4 is 11.6 Å². The number of morpholine rings is 1. The lowest BCUT2D eigenvalue weighted by Crippen LogP contribution is -2.36. The summed E-state index contributed by atoms with van der Waals surface area (Å²) >= 11 is 0. The van der Waals surface area contributed by atoms with Crippen molar-refractivity contribution in [1.29, 1.82) is 0 Å². The first-order valence-electron chi connectivity index (χ1n) is 9.00. The van der Waals surface area contributed by atoms with Crippen LogP contribution in [0.4, 0.5) is 5.69 Å². The van der Waals surface area contributed by atoms with Gasteiger partial charge in [0.1, 0.15) is 0 Å². The number of rotatable bonds is 7. The molecule has 2 heterocycles. The molecule has 6 nitrogen and oxygen atoms in total. The molecular weight excluding hydrogens is 330 g/mol. The number of ether oxygens (including phenoxy) is 1. The first-order chi connectivity index (χ1) is 12.7. The quantitative estimate of drug-likeness (QED) is 0.791. The molecule has 1 saturated heterocycles. The van der Waals surface area contributed by atoms with Gasteiger partial charge in [-0.2, -0.15) is 0 Å². The van der Waals surface area contributed by atoms with E-state index in [1.165, 1.54) is 0 Å². The average molecular weight is 355 g/mol. The molecule has 0 spiro atoms. The Morgan fingerprint density at radius 3 is 2.65 bits per heavy atom. The van der Waals surface area contributed by atoms with E-state index in [-0.39, 0.29) is 12.5 Å². The predicted octanol–water partition coefficient (Wildman–Crippen LogP) is 1.70. The van der Waals surface area contributed by atoms with Gasteiger partial charge < -0.3 is 20.1 Å². The summed E-state index contributed by atoms with van der Waals surface area (Å²) in [7, 11) is 0. The van der Waals surface area contributed by atoms with E-state index in [0.29, 0.717) is 12.8 Å². The Bertz CT molecular complexity index is 685. The van der Waals surface area contributed by atoms with Gasteiger partial charge in [-0.1, -0.05) is 18.2 Å². The zero-order chi connectivity index (χ0) is 18.2. The molecular formula is C20H25N3O3. The molecule has 6 heteroatoms. The Morgan fingerprint density at radius 2 is 1.96 bits per heavy atom. The van der Waals surface area contributed by atoms with Crippen molar-refractivity contribution in [3.8, 4) is 0 Å². The lowest BCUT2D eigenvalue weighted by molar-refractivity contribution is -0.121. The minimum absolute atomic E-state index is 0.0837. The third-order valence-electron chi connectivity index (χ3n) is 4.48. The number of aromatic nitrogens is 1. The van der Waals surface area contributed by atoms with Gasteiger partial charge >= 0.3 is 0 Å². The molecule has 3 rings (SSSR count). The van der Waals surface area contributed by atoms with Crippen molar-refractivity contribution in [3.63, 3.8) is 0 Å². The highest BCUT2D eigenvalue weighted by molar-refractivity contribution is 5.76. The van der Waals surface area contributed by atoms with Crippen LogP contribution in [0.15, 0.2) is 48.7 Å². The lowest BCUT2D eigenvalue weighted by Gasteiger charge is -2.29. The van der Waals surface area contributed by atoms with Gasteiger partial charge in [0.2, 0.25) is 5.91 Å². The van der Waals surface area contributed by atoms with Crippen molar-refractivity contribution < 1.29 is 14.6 Å². The molecule has 138 valence electrons. The molecule has 0 aliphatic carbocycles. The number of aliphatic hydroxyl groups is 1. The summed E-state index contributed by atoms with van der Waals surface area (Å²) in [5.74, 6) is -0.0837. The van der Waals surface area contributed by atoms with Gasteiger partial charge in [-0.25, -0.2) is 0 Å². The zero-order valence-electron chi connectivity index (χ0n) is 14.8. The lowest BCUT2D eigenvalue weighted by atomic mass is 10.1. The normalized spacial score (nSPS) is 15.5. The number of hydrogen-bond acceptors (Lipinski definition) is 5. The summed E-state index contributed by atoms with van der Waals surface area (Å²) in [6, 6.07) is 13.5. The Balaban J connectivity index is 1.43. The highest BCUT2D eigenvalue weighted by atomic mass is 16.5. The van der Waals surface area contributed by atoms with E-state index in [1.54, 1.807) is 6.20 Å². The molecule has 2 aromatic rings. The maximum atomic E-state index is 11.9. The second kappa shape index (κ2) is 9.31. The third-order valence-corrected chi connectivity index (χ3v) is 4.48. The molecule has 1 unspecified atom stereocenters. The second-order valence-electron chi connectivity index (χ2n) is 6.33. The van der Waals surface area contributed by atoms with Crippen molar-refractivity contribution in [1.82, 2.24) is 10.3 Å². The van der Waals surface area contributed by atoms with Crippen LogP contribution in [0.25, 0.3) is 0 Å². The number of aryl methyl sites for hydroxylation is 1. The van der Waals surface area contributed by atoms with Gasteiger partial charge in [0, 0.05) is 43.6 Å². The van der Waals surface area contributed by atoms with Crippen molar-refractivity contribution in [3.05, 3.63) is 59.9 Å². The molecule has 1 aromatic carbocycles. The van der Waals surface area contributed by atoms with Crippen LogP contribution in [0.3, 0.4) is 0 Å². The number of amides is 1.